The molecule has 0 aliphatic carbocycles. The zero-order valence-electron chi connectivity index (χ0n) is 7.46. The Morgan fingerprint density at radius 1 is 1.25 bits per heavy atom. The van der Waals surface area contributed by atoms with Crippen molar-refractivity contribution in [2.45, 2.75) is 25.4 Å². The lowest BCUT2D eigenvalue weighted by Gasteiger charge is -2.04. The smallest absolute Gasteiger partial charge is 0.145 e. The van der Waals surface area contributed by atoms with Gasteiger partial charge in [0.2, 0.25) is 0 Å². The van der Waals surface area contributed by atoms with E-state index in [1.54, 1.807) is 0 Å². The monoisotopic (exact) mass is 198 g/mol. The molecule has 0 nitrogen and oxygen atoms in total. The van der Waals surface area contributed by atoms with Crippen LogP contribution in [0.3, 0.4) is 0 Å². The molecule has 1 rings (SSSR count). The van der Waals surface area contributed by atoms with Crippen LogP contribution >= 0.6 is 11.1 Å². The molecular formula is C10H15ClSi. The Morgan fingerprint density at radius 2 is 1.92 bits per heavy atom. The van der Waals surface area contributed by atoms with Crippen molar-refractivity contribution in [3.63, 3.8) is 0 Å². The standard InChI is InChI=1S/C10H15ClSi/c1-2-8-12(11)9-10-6-4-3-5-7-10/h3-7,12H,2,8-9H2,1H3. The summed E-state index contributed by atoms with van der Waals surface area (Å²) < 4.78 is 0. The van der Waals surface area contributed by atoms with E-state index in [4.69, 9.17) is 11.1 Å². The number of rotatable bonds is 4. The quantitative estimate of drug-likeness (QED) is 0.515. The second kappa shape index (κ2) is 5.39. The maximum atomic E-state index is 6.25. The van der Waals surface area contributed by atoms with Crippen molar-refractivity contribution in [3.05, 3.63) is 35.9 Å². The van der Waals surface area contributed by atoms with E-state index in [0.717, 1.165) is 6.04 Å². The lowest BCUT2D eigenvalue weighted by atomic mass is 10.2. The Bertz CT molecular complexity index is 210. The fourth-order valence-corrected chi connectivity index (χ4v) is 4.09. The molecule has 0 aliphatic heterocycles. The van der Waals surface area contributed by atoms with E-state index in [-0.39, 0.29) is 0 Å². The highest BCUT2D eigenvalue weighted by atomic mass is 35.6. The van der Waals surface area contributed by atoms with Crippen molar-refractivity contribution in [2.24, 2.45) is 0 Å². The second-order valence-electron chi connectivity index (χ2n) is 3.08. The highest BCUT2D eigenvalue weighted by Crippen LogP contribution is 2.09. The summed E-state index contributed by atoms with van der Waals surface area (Å²) in [7, 11) is -0.957. The third kappa shape index (κ3) is 3.42. The van der Waals surface area contributed by atoms with Gasteiger partial charge < -0.3 is 0 Å². The highest BCUT2D eigenvalue weighted by Gasteiger charge is 2.05. The van der Waals surface area contributed by atoms with Gasteiger partial charge in [0, 0.05) is 0 Å². The molecule has 0 amide bonds. The minimum atomic E-state index is -0.957. The minimum absolute atomic E-state index is 0.957. The summed E-state index contributed by atoms with van der Waals surface area (Å²) in [5.41, 5.74) is 1.40. The third-order valence-electron chi connectivity index (χ3n) is 1.90. The summed E-state index contributed by atoms with van der Waals surface area (Å²) in [4.78, 5) is 0. The molecule has 1 aromatic rings. The van der Waals surface area contributed by atoms with E-state index >= 15 is 0 Å². The van der Waals surface area contributed by atoms with Crippen LogP contribution in [0.25, 0.3) is 0 Å². The van der Waals surface area contributed by atoms with Crippen LogP contribution in [0.5, 0.6) is 0 Å². The topological polar surface area (TPSA) is 0 Å². The van der Waals surface area contributed by atoms with Gasteiger partial charge in [-0.3, -0.25) is 0 Å². The van der Waals surface area contributed by atoms with Crippen LogP contribution < -0.4 is 0 Å². The number of halogens is 1. The van der Waals surface area contributed by atoms with E-state index in [0.29, 0.717) is 0 Å². The number of hydrogen-bond donors (Lipinski definition) is 0. The molecule has 0 saturated carbocycles. The zero-order valence-corrected chi connectivity index (χ0v) is 9.37. The molecule has 0 saturated heterocycles. The molecule has 2 heteroatoms. The fourth-order valence-electron chi connectivity index (χ4n) is 1.29. The molecule has 0 aliphatic rings. The summed E-state index contributed by atoms with van der Waals surface area (Å²) in [6.07, 6.45) is 1.23. The predicted molar refractivity (Wildman–Crippen MR) is 58.2 cm³/mol. The second-order valence-corrected chi connectivity index (χ2v) is 7.11. The van der Waals surface area contributed by atoms with Gasteiger partial charge in [0.05, 0.1) is 0 Å². The molecule has 1 atom stereocenters. The van der Waals surface area contributed by atoms with Gasteiger partial charge in [0.25, 0.3) is 0 Å². The molecule has 12 heavy (non-hydrogen) atoms. The van der Waals surface area contributed by atoms with E-state index in [2.05, 4.69) is 31.2 Å². The normalized spacial score (nSPS) is 12.8. The Kier molecular flexibility index (Phi) is 4.40. The average Bonchev–Trinajstić information content (AvgIpc) is 2.06. The fraction of sp³-hybridized carbons (Fsp3) is 0.400. The molecule has 0 radical (unpaired) electrons. The van der Waals surface area contributed by atoms with Crippen molar-refractivity contribution in [2.75, 3.05) is 0 Å². The summed E-state index contributed by atoms with van der Waals surface area (Å²) in [5.74, 6) is 0. The summed E-state index contributed by atoms with van der Waals surface area (Å²) in [6, 6.07) is 12.9. The van der Waals surface area contributed by atoms with E-state index in [1.807, 2.05) is 6.07 Å². The minimum Gasteiger partial charge on any atom is -0.171 e. The van der Waals surface area contributed by atoms with Crippen LogP contribution in [0.4, 0.5) is 0 Å². The summed E-state index contributed by atoms with van der Waals surface area (Å²) in [6.45, 7) is 2.20. The summed E-state index contributed by atoms with van der Waals surface area (Å²) >= 11 is 6.25. The molecule has 0 aromatic heterocycles. The van der Waals surface area contributed by atoms with E-state index < -0.39 is 8.11 Å². The molecule has 0 heterocycles. The van der Waals surface area contributed by atoms with Crippen molar-refractivity contribution >= 4 is 19.2 Å². The molecule has 0 spiro atoms. The maximum Gasteiger partial charge on any atom is 0.145 e. The first-order chi connectivity index (χ1) is 5.83. The van der Waals surface area contributed by atoms with Gasteiger partial charge in [-0.1, -0.05) is 43.7 Å². The van der Waals surface area contributed by atoms with Crippen LogP contribution in [0.1, 0.15) is 18.9 Å². The number of benzene rings is 1. The van der Waals surface area contributed by atoms with E-state index in [9.17, 15) is 0 Å². The predicted octanol–water partition coefficient (Wildman–Crippen LogP) is 3.14. The molecule has 0 fully saturated rings. The molecule has 0 N–H and O–H groups in total. The molecule has 0 bridgehead atoms. The first kappa shape index (κ1) is 9.81. The van der Waals surface area contributed by atoms with Gasteiger partial charge in [-0.25, -0.2) is 0 Å². The van der Waals surface area contributed by atoms with Crippen molar-refractivity contribution in [3.8, 4) is 0 Å². The third-order valence-corrected chi connectivity index (χ3v) is 5.14. The van der Waals surface area contributed by atoms with Crippen LogP contribution in [0.15, 0.2) is 30.3 Å². The first-order valence-electron chi connectivity index (χ1n) is 4.51. The average molecular weight is 199 g/mol. The first-order valence-corrected chi connectivity index (χ1v) is 7.88. The van der Waals surface area contributed by atoms with Gasteiger partial charge in [-0.05, 0) is 17.7 Å². The van der Waals surface area contributed by atoms with Crippen LogP contribution in [-0.4, -0.2) is 8.11 Å². The van der Waals surface area contributed by atoms with Crippen LogP contribution in [0, 0.1) is 0 Å². The number of hydrogen-bond acceptors (Lipinski definition) is 0. The van der Waals surface area contributed by atoms with Gasteiger partial charge in [-0.2, -0.15) is 11.1 Å². The Hall–Kier alpha value is -0.273. The largest absolute Gasteiger partial charge is 0.171 e. The lowest BCUT2D eigenvalue weighted by molar-refractivity contribution is 1.06. The van der Waals surface area contributed by atoms with Crippen molar-refractivity contribution in [1.82, 2.24) is 0 Å². The molecule has 66 valence electrons. The lowest BCUT2D eigenvalue weighted by Crippen LogP contribution is -2.07. The van der Waals surface area contributed by atoms with Gasteiger partial charge >= 0.3 is 0 Å². The summed E-state index contributed by atoms with van der Waals surface area (Å²) in [5, 5.41) is 0. The highest BCUT2D eigenvalue weighted by molar-refractivity contribution is 7.06. The zero-order chi connectivity index (χ0) is 8.81. The Balaban J connectivity index is 2.41. The van der Waals surface area contributed by atoms with Crippen LogP contribution in [-0.2, 0) is 6.04 Å². The van der Waals surface area contributed by atoms with Crippen molar-refractivity contribution < 1.29 is 0 Å². The van der Waals surface area contributed by atoms with Gasteiger partial charge in [0.1, 0.15) is 8.11 Å². The molecule has 1 unspecified atom stereocenters. The van der Waals surface area contributed by atoms with Gasteiger partial charge in [-0.15, -0.1) is 0 Å². The Labute approximate surface area is 80.9 Å². The molecule has 1 aromatic carbocycles. The van der Waals surface area contributed by atoms with E-state index in [1.165, 1.54) is 18.0 Å². The molecular weight excluding hydrogens is 184 g/mol. The Morgan fingerprint density at radius 3 is 2.50 bits per heavy atom. The van der Waals surface area contributed by atoms with Crippen molar-refractivity contribution in [1.29, 1.82) is 0 Å². The van der Waals surface area contributed by atoms with Gasteiger partial charge in [0.15, 0.2) is 0 Å². The maximum absolute atomic E-state index is 6.25. The SMILES string of the molecule is CCC[SiH](Cl)Cc1ccccc1. The van der Waals surface area contributed by atoms with Crippen LogP contribution in [0.2, 0.25) is 6.04 Å².